The van der Waals surface area contributed by atoms with E-state index in [0.29, 0.717) is 24.3 Å². The Hall–Kier alpha value is -2.19. The third-order valence-corrected chi connectivity index (χ3v) is 7.00. The monoisotopic (exact) mass is 425 g/mol. The van der Waals surface area contributed by atoms with Gasteiger partial charge in [0.2, 0.25) is 0 Å². The molecular formula is C22H31N7S. The fraction of sp³-hybridized carbons (Fsp3) is 0.591. The Morgan fingerprint density at radius 2 is 2.00 bits per heavy atom. The van der Waals surface area contributed by atoms with Gasteiger partial charge in [-0.1, -0.05) is 13.8 Å². The summed E-state index contributed by atoms with van der Waals surface area (Å²) >= 11 is 1.75. The second-order valence-corrected chi connectivity index (χ2v) is 9.83. The van der Waals surface area contributed by atoms with Crippen LogP contribution in [0.1, 0.15) is 67.6 Å². The van der Waals surface area contributed by atoms with Crippen molar-refractivity contribution in [1.29, 1.82) is 0 Å². The van der Waals surface area contributed by atoms with E-state index < -0.39 is 0 Å². The van der Waals surface area contributed by atoms with Crippen molar-refractivity contribution in [1.82, 2.24) is 24.9 Å². The minimum absolute atomic E-state index is 0.377. The van der Waals surface area contributed by atoms with Gasteiger partial charge >= 0.3 is 0 Å². The zero-order chi connectivity index (χ0) is 20.5. The Balaban J connectivity index is 1.36. The Morgan fingerprint density at radius 1 is 1.17 bits per heavy atom. The molecule has 0 bridgehead atoms. The molecule has 3 aromatic heterocycles. The minimum Gasteiger partial charge on any atom is -0.370 e. The zero-order valence-electron chi connectivity index (χ0n) is 17.8. The lowest BCUT2D eigenvalue weighted by atomic mass is 9.98. The number of fused-ring (bicyclic) bond motifs is 1. The van der Waals surface area contributed by atoms with Gasteiger partial charge in [0, 0.05) is 29.5 Å². The molecule has 160 valence electrons. The van der Waals surface area contributed by atoms with E-state index in [-0.39, 0.29) is 0 Å². The summed E-state index contributed by atoms with van der Waals surface area (Å²) in [7, 11) is 0. The van der Waals surface area contributed by atoms with E-state index in [1.54, 1.807) is 11.3 Å². The van der Waals surface area contributed by atoms with Crippen LogP contribution in [-0.4, -0.2) is 39.2 Å². The number of thiazole rings is 1. The van der Waals surface area contributed by atoms with Crippen LogP contribution in [0.3, 0.4) is 0 Å². The van der Waals surface area contributed by atoms with E-state index in [2.05, 4.69) is 46.3 Å². The van der Waals surface area contributed by atoms with Crippen LogP contribution in [0.25, 0.3) is 5.65 Å². The van der Waals surface area contributed by atoms with E-state index in [4.69, 9.17) is 9.97 Å². The molecule has 1 aliphatic heterocycles. The number of rotatable bonds is 8. The van der Waals surface area contributed by atoms with Crippen LogP contribution in [0.5, 0.6) is 0 Å². The molecule has 0 amide bonds. The van der Waals surface area contributed by atoms with Crippen molar-refractivity contribution in [2.75, 3.05) is 30.3 Å². The second kappa shape index (κ2) is 8.51. The Labute approximate surface area is 181 Å². The van der Waals surface area contributed by atoms with Crippen molar-refractivity contribution < 1.29 is 0 Å². The van der Waals surface area contributed by atoms with E-state index in [1.807, 2.05) is 10.7 Å². The molecule has 0 radical (unpaired) electrons. The number of anilines is 2. The lowest BCUT2D eigenvalue weighted by molar-refractivity contribution is 0.389. The number of nitrogens with one attached hydrogen (secondary N) is 3. The summed E-state index contributed by atoms with van der Waals surface area (Å²) in [5.41, 5.74) is 3.37. The molecule has 4 heterocycles. The number of nitrogens with zero attached hydrogens (tertiary/aromatic N) is 4. The topological polar surface area (TPSA) is 79.2 Å². The highest BCUT2D eigenvalue weighted by Gasteiger charge is 2.26. The van der Waals surface area contributed by atoms with Crippen molar-refractivity contribution in [3.63, 3.8) is 0 Å². The Morgan fingerprint density at radius 3 is 2.77 bits per heavy atom. The minimum atomic E-state index is 0.377. The summed E-state index contributed by atoms with van der Waals surface area (Å²) in [5, 5.41) is 18.6. The first-order valence-electron chi connectivity index (χ1n) is 11.2. The fourth-order valence-corrected chi connectivity index (χ4v) is 4.89. The van der Waals surface area contributed by atoms with Gasteiger partial charge in [-0.15, -0.1) is 11.3 Å². The van der Waals surface area contributed by atoms with Gasteiger partial charge in [0.25, 0.3) is 0 Å². The predicted molar refractivity (Wildman–Crippen MR) is 123 cm³/mol. The van der Waals surface area contributed by atoms with E-state index >= 15 is 0 Å². The number of piperidine rings is 1. The smallest absolute Gasteiger partial charge is 0.163 e. The average molecular weight is 426 g/mol. The molecule has 0 spiro atoms. The second-order valence-electron chi connectivity index (χ2n) is 8.88. The van der Waals surface area contributed by atoms with Crippen LogP contribution in [0.2, 0.25) is 0 Å². The average Bonchev–Trinajstić information content (AvgIpc) is 3.34. The first-order chi connectivity index (χ1) is 14.7. The van der Waals surface area contributed by atoms with Gasteiger partial charge in [0.1, 0.15) is 16.6 Å². The van der Waals surface area contributed by atoms with Gasteiger partial charge in [0.15, 0.2) is 5.65 Å². The molecule has 0 unspecified atom stereocenters. The molecule has 3 N–H and O–H groups in total. The summed E-state index contributed by atoms with van der Waals surface area (Å²) in [6.07, 6.45) is 6.97. The maximum Gasteiger partial charge on any atom is 0.163 e. The molecular weight excluding hydrogens is 394 g/mol. The Kier molecular flexibility index (Phi) is 5.60. The van der Waals surface area contributed by atoms with E-state index in [0.717, 1.165) is 41.9 Å². The number of hydrogen-bond donors (Lipinski definition) is 3. The third-order valence-electron chi connectivity index (χ3n) is 6.14. The molecule has 2 aliphatic rings. The maximum absolute atomic E-state index is 4.91. The molecule has 1 saturated carbocycles. The molecule has 2 fully saturated rings. The van der Waals surface area contributed by atoms with Crippen molar-refractivity contribution in [2.45, 2.75) is 57.9 Å². The van der Waals surface area contributed by atoms with Gasteiger partial charge in [-0.05, 0) is 50.6 Å². The number of aromatic nitrogens is 4. The summed E-state index contributed by atoms with van der Waals surface area (Å²) in [6, 6.07) is 2.08. The van der Waals surface area contributed by atoms with Crippen LogP contribution in [0.4, 0.5) is 11.6 Å². The first kappa shape index (κ1) is 19.8. The lowest BCUT2D eigenvalue weighted by Crippen LogP contribution is -2.31. The largest absolute Gasteiger partial charge is 0.370 e. The molecule has 7 nitrogen and oxygen atoms in total. The number of hydrogen-bond acceptors (Lipinski definition) is 7. The molecule has 1 aliphatic carbocycles. The fourth-order valence-electron chi connectivity index (χ4n) is 4.08. The van der Waals surface area contributed by atoms with Crippen LogP contribution < -0.4 is 16.0 Å². The summed E-state index contributed by atoms with van der Waals surface area (Å²) in [6.45, 7) is 8.28. The summed E-state index contributed by atoms with van der Waals surface area (Å²) in [5.74, 6) is 3.66. The van der Waals surface area contributed by atoms with Crippen molar-refractivity contribution in [3.05, 3.63) is 33.9 Å². The molecule has 1 saturated heterocycles. The highest BCUT2D eigenvalue weighted by atomic mass is 32.1. The summed E-state index contributed by atoms with van der Waals surface area (Å²) in [4.78, 5) is 9.72. The zero-order valence-corrected chi connectivity index (χ0v) is 18.6. The summed E-state index contributed by atoms with van der Waals surface area (Å²) < 4.78 is 1.93. The van der Waals surface area contributed by atoms with Crippen LogP contribution in [-0.2, 0) is 6.54 Å². The molecule has 0 aromatic carbocycles. The highest BCUT2D eigenvalue weighted by Crippen LogP contribution is 2.40. The van der Waals surface area contributed by atoms with Crippen LogP contribution in [0.15, 0.2) is 17.6 Å². The standard InChI is InChI=1S/C22H31N7S/c1-14(2)17-11-26-29-20(25-12-21-27-18(13-30-21)16-3-4-16)9-19(28-22(17)29)24-10-15-5-7-23-8-6-15/h9,11,13-16,23,25H,3-8,10,12H2,1-2H3,(H,24,28). The van der Waals surface area contributed by atoms with Crippen LogP contribution in [0, 0.1) is 5.92 Å². The first-order valence-corrected chi connectivity index (χ1v) is 12.1. The van der Waals surface area contributed by atoms with Gasteiger partial charge in [-0.25, -0.2) is 9.97 Å². The molecule has 0 atom stereocenters. The van der Waals surface area contributed by atoms with E-state index in [1.165, 1.54) is 36.9 Å². The SMILES string of the molecule is CC(C)c1cnn2c(NCc3nc(C4CC4)cs3)cc(NCC3CCNCC3)nc12. The highest BCUT2D eigenvalue weighted by molar-refractivity contribution is 7.09. The lowest BCUT2D eigenvalue weighted by Gasteiger charge is -2.23. The molecule has 3 aromatic rings. The predicted octanol–water partition coefficient (Wildman–Crippen LogP) is 4.21. The molecule has 30 heavy (non-hydrogen) atoms. The van der Waals surface area contributed by atoms with Gasteiger partial charge in [0.05, 0.1) is 18.4 Å². The normalized spacial score (nSPS) is 17.7. The molecule has 5 rings (SSSR count). The van der Waals surface area contributed by atoms with Gasteiger partial charge in [-0.2, -0.15) is 9.61 Å². The van der Waals surface area contributed by atoms with E-state index in [9.17, 15) is 0 Å². The molecule has 8 heteroatoms. The maximum atomic E-state index is 4.91. The van der Waals surface area contributed by atoms with Gasteiger partial charge in [-0.3, -0.25) is 0 Å². The quantitative estimate of drug-likeness (QED) is 0.502. The third kappa shape index (κ3) is 4.30. The Bertz CT molecular complexity index is 998. The van der Waals surface area contributed by atoms with Crippen molar-refractivity contribution in [3.8, 4) is 0 Å². The van der Waals surface area contributed by atoms with Gasteiger partial charge < -0.3 is 16.0 Å². The van der Waals surface area contributed by atoms with Crippen molar-refractivity contribution >= 4 is 28.6 Å². The van der Waals surface area contributed by atoms with Crippen LogP contribution >= 0.6 is 11.3 Å². The van der Waals surface area contributed by atoms with Crippen molar-refractivity contribution in [2.24, 2.45) is 5.92 Å².